The van der Waals surface area contributed by atoms with Crippen molar-refractivity contribution in [1.82, 2.24) is 29.9 Å². The number of nitrogens with zero attached hydrogens (tertiary/aromatic N) is 6. The van der Waals surface area contributed by atoms with Crippen LogP contribution < -0.4 is 0 Å². The third-order valence-corrected chi connectivity index (χ3v) is 23.6. The minimum atomic E-state index is -0.125. The second kappa shape index (κ2) is 41.1. The van der Waals surface area contributed by atoms with Crippen LogP contribution in [0, 0.1) is 59.7 Å². The van der Waals surface area contributed by atoms with E-state index in [1.165, 1.54) is 135 Å². The van der Waals surface area contributed by atoms with E-state index in [4.69, 9.17) is 43.5 Å². The van der Waals surface area contributed by atoms with E-state index in [2.05, 4.69) is 242 Å². The molecule has 0 saturated heterocycles. The van der Waals surface area contributed by atoms with Gasteiger partial charge < -0.3 is 28.6 Å². The van der Waals surface area contributed by atoms with Gasteiger partial charge in [-0.1, -0.05) is 203 Å². The molecule has 12 heterocycles. The van der Waals surface area contributed by atoms with E-state index in [1.54, 1.807) is 34.0 Å². The molecule has 0 spiro atoms. The van der Waals surface area contributed by atoms with Crippen molar-refractivity contribution in [2.45, 2.75) is 83.1 Å². The number of aryl methyl sites for hydroxylation is 6. The van der Waals surface area contributed by atoms with Crippen molar-refractivity contribution in [3.8, 4) is 87.3 Å². The summed E-state index contributed by atoms with van der Waals surface area (Å²) in [6, 6.07) is 96.1. The van der Waals surface area contributed by atoms with Crippen LogP contribution in [-0.4, -0.2) is 62.6 Å². The molecule has 8 aromatic carbocycles. The molecule has 15 nitrogen and oxygen atoms in total. The van der Waals surface area contributed by atoms with Crippen LogP contribution in [0.3, 0.4) is 0 Å². The molecule has 0 atom stereocenters. The summed E-state index contributed by atoms with van der Waals surface area (Å²) in [5.41, 5.74) is 24.7. The molecule has 0 saturated carbocycles. The summed E-state index contributed by atoms with van der Waals surface area (Å²) in [5.74, 6) is -0.187. The van der Waals surface area contributed by atoms with E-state index in [0.717, 1.165) is 125 Å². The van der Waals surface area contributed by atoms with E-state index in [9.17, 15) is 14.4 Å². The maximum Gasteiger partial charge on any atom is 0.216 e. The Morgan fingerprint density at radius 2 is 0.675 bits per heavy atom. The molecule has 3 radical (unpaired) electrons. The number of thiophene rings is 3. The number of furan rings is 3. The number of fused-ring (bicyclic) bond motifs is 12. The molecule has 0 unspecified atom stereocenters. The quantitative estimate of drug-likeness (QED) is 0.0621. The van der Waals surface area contributed by atoms with E-state index in [-0.39, 0.29) is 94.9 Å². The minimum absolute atomic E-state index is 0. The number of allylic oxidation sites excluding steroid dienone is 6. The van der Waals surface area contributed by atoms with Crippen LogP contribution in [-0.2, 0) is 74.7 Å². The number of carbonyl (C=O) groups excluding carboxylic acids is 3. The SMILES string of the molecule is CC(=O)C=C(C)O.CC(=O)C=C(C)O.CC(=O)C=C(C)O.Cc1ccc2c(n1)oc1c(-c3ccc4c(-c5ccccc5)c(-c5ccccc5)sc4n3)[c-]ccc12.Cc1ccc2c(n1)oc1c(-c3ccc4c(C)c(-c5ccccc5)sc4n3)[c-]ccc12.Cc1ccc2c(n1)oc1c(-c3ccc4cc(-c5ccc(-c6c(C)cccc6C)cc5)sc4n3)[c-]ccc12.[Ir].[Ir].[Ir]. The van der Waals surface area contributed by atoms with Gasteiger partial charge >= 0.3 is 0 Å². The van der Waals surface area contributed by atoms with E-state index < -0.39 is 0 Å². The van der Waals surface area contributed by atoms with Crippen LogP contribution in [0.4, 0.5) is 0 Å². The van der Waals surface area contributed by atoms with Crippen molar-refractivity contribution in [3.05, 3.63) is 336 Å². The molecule has 0 aliphatic heterocycles. The largest absolute Gasteiger partial charge is 0.512 e. The van der Waals surface area contributed by atoms with Gasteiger partial charge in [0.1, 0.15) is 14.5 Å². The fourth-order valence-electron chi connectivity index (χ4n) is 14.8. The smallest absolute Gasteiger partial charge is 0.216 e. The number of rotatable bonds is 11. The van der Waals surface area contributed by atoms with Crippen LogP contribution in [0.2, 0.25) is 0 Å². The Morgan fingerprint density at radius 1 is 0.325 bits per heavy atom. The Morgan fingerprint density at radius 3 is 1.08 bits per heavy atom. The molecule has 0 aliphatic carbocycles. The van der Waals surface area contributed by atoms with Gasteiger partial charge in [-0.3, -0.25) is 29.3 Å². The Kier molecular flexibility index (Phi) is 30.2. The molecule has 635 valence electrons. The minimum Gasteiger partial charge on any atom is -0.512 e. The average Bonchev–Trinajstić information content (AvgIpc) is 1.35. The summed E-state index contributed by atoms with van der Waals surface area (Å²) in [7, 11) is 0. The van der Waals surface area contributed by atoms with Crippen molar-refractivity contribution >= 4 is 148 Å². The Bertz CT molecular complexity index is 7420. The third kappa shape index (κ3) is 20.9. The predicted octanol–water partition coefficient (Wildman–Crippen LogP) is 28.5. The maximum atomic E-state index is 10.0. The molecule has 3 N–H and O–H groups in total. The zero-order valence-electron chi connectivity index (χ0n) is 70.6. The number of hydrogen-bond donors (Lipinski definition) is 3. The summed E-state index contributed by atoms with van der Waals surface area (Å²) in [6.45, 7) is 21.0. The number of carbonyl (C=O) groups is 3. The first kappa shape index (κ1) is 92.7. The van der Waals surface area contributed by atoms with Crippen LogP contribution in [0.15, 0.2) is 297 Å². The molecule has 20 rings (SSSR count). The molecule has 12 aromatic heterocycles. The second-order valence-corrected chi connectivity index (χ2v) is 32.8. The van der Waals surface area contributed by atoms with Gasteiger partial charge in [-0.2, -0.15) is 0 Å². The van der Waals surface area contributed by atoms with Crippen molar-refractivity contribution in [1.29, 1.82) is 0 Å². The second-order valence-electron chi connectivity index (χ2n) is 29.8. The van der Waals surface area contributed by atoms with Crippen LogP contribution in [0.1, 0.15) is 75.3 Å². The number of aromatic nitrogens is 6. The zero-order valence-corrected chi connectivity index (χ0v) is 80.2. The summed E-state index contributed by atoms with van der Waals surface area (Å²) in [6.07, 6.45) is 3.50. The predicted molar refractivity (Wildman–Crippen MR) is 504 cm³/mol. The van der Waals surface area contributed by atoms with Crippen molar-refractivity contribution in [2.24, 2.45) is 0 Å². The first-order valence-electron chi connectivity index (χ1n) is 39.7. The van der Waals surface area contributed by atoms with Gasteiger partial charge in [0.25, 0.3) is 0 Å². The summed E-state index contributed by atoms with van der Waals surface area (Å²) in [5, 5.41) is 34.7. The standard InChI is InChI=1S/C33H23N2OS.C31H19N2OS.C26H17N2OS.3C5H8O2.3Ir/c1-19-6-4-7-20(2)30(19)23-13-11-22(12-14-23)29-18-24-15-17-28(35-33(24)37-29)27-9-5-8-25-26-16-10-21(3)34-32(26)36-31(25)27;1-19-15-16-23-22-13-8-14-24(28(22)34-30(23)32-19)26-18-17-25-27(20-9-4-2-5-10-20)29(35-31(25)33-26)21-11-6-3-7-12-21;1-15-11-12-20-19-9-6-10-21(23(19)29-25(20)27-15)22-14-13-18-16(2)24(30-26(18)28-22)17-7-4-3-5-8-17;3*1-4(6)3-5(2)7;;;/h4-8,10-18H,1-3H3;2-13,15-18H,1H3;3-9,11-14H,1-2H3;3*3,6H,1-2H3;;;/q3*-1;;;;;;. The normalized spacial score (nSPS) is 11.3. The van der Waals surface area contributed by atoms with Crippen molar-refractivity contribution in [3.63, 3.8) is 0 Å². The molecule has 0 bridgehead atoms. The van der Waals surface area contributed by atoms with E-state index >= 15 is 0 Å². The Hall–Kier alpha value is -12.5. The number of benzene rings is 8. The van der Waals surface area contributed by atoms with Gasteiger partial charge in [0.05, 0.1) is 34.0 Å². The van der Waals surface area contributed by atoms with E-state index in [1.807, 2.05) is 81.4 Å². The molecular weight excluding hydrogens is 2160 g/mol. The van der Waals surface area contributed by atoms with Gasteiger partial charge in [-0.05, 0) is 193 Å². The van der Waals surface area contributed by atoms with Gasteiger partial charge in [0.15, 0.2) is 17.3 Å². The van der Waals surface area contributed by atoms with Crippen LogP contribution in [0.5, 0.6) is 0 Å². The topological polar surface area (TPSA) is 229 Å². The molecule has 0 fully saturated rings. The zero-order chi connectivity index (χ0) is 86.3. The number of ketones is 3. The van der Waals surface area contributed by atoms with Gasteiger partial charge in [0.2, 0.25) is 17.1 Å². The molecule has 126 heavy (non-hydrogen) atoms. The Labute approximate surface area is 781 Å². The first-order chi connectivity index (χ1) is 59.4. The molecule has 20 aromatic rings. The fourth-order valence-corrected chi connectivity index (χ4v) is 18.2. The van der Waals surface area contributed by atoms with Gasteiger partial charge in [-0.15, -0.1) is 88.6 Å². The molecule has 21 heteroatoms. The van der Waals surface area contributed by atoms with Crippen LogP contribution in [0.25, 0.3) is 184 Å². The monoisotopic (exact) mass is 2250 g/mol. The van der Waals surface area contributed by atoms with Crippen molar-refractivity contribution in [2.75, 3.05) is 0 Å². The number of aliphatic hydroxyl groups excluding tert-OH is 3. The maximum absolute atomic E-state index is 10.0. The molecule has 0 amide bonds. The van der Waals surface area contributed by atoms with Crippen LogP contribution >= 0.6 is 34.0 Å². The fraction of sp³-hybridized carbons (Fsp3) is 0.114. The molecule has 0 aliphatic rings. The number of hydrogen-bond acceptors (Lipinski definition) is 18. The first-order valence-corrected chi connectivity index (χ1v) is 42.2. The Balaban J connectivity index is 0.000000153. The van der Waals surface area contributed by atoms with Gasteiger partial charge in [-0.25, -0.2) is 15.0 Å². The number of aliphatic hydroxyl groups is 3. The van der Waals surface area contributed by atoms with Gasteiger partial charge in [0, 0.05) is 148 Å². The van der Waals surface area contributed by atoms with Crippen molar-refractivity contribution < 1.29 is 103 Å². The third-order valence-electron chi connectivity index (χ3n) is 20.1. The summed E-state index contributed by atoms with van der Waals surface area (Å²) < 4.78 is 18.6. The average molecular weight is 2250 g/mol. The summed E-state index contributed by atoms with van der Waals surface area (Å²) >= 11 is 5.17. The summed E-state index contributed by atoms with van der Waals surface area (Å²) in [4.78, 5) is 65.6. The van der Waals surface area contributed by atoms with E-state index in [0.29, 0.717) is 17.1 Å². The molecular formula is C105H83Ir3N6O9S3-3. The number of pyridine rings is 6.